The zero-order valence-electron chi connectivity index (χ0n) is 9.80. The Morgan fingerprint density at radius 3 is 2.94 bits per heavy atom. The predicted octanol–water partition coefficient (Wildman–Crippen LogP) is 0.889. The van der Waals surface area contributed by atoms with Crippen molar-refractivity contribution in [3.63, 3.8) is 0 Å². The molecule has 98 valence electrons. The Kier molecular flexibility index (Phi) is 4.29. The number of carbonyl (C=O) groups is 2. The van der Waals surface area contributed by atoms with Crippen LogP contribution in [0.15, 0.2) is 10.8 Å². The highest BCUT2D eigenvalue weighted by Gasteiger charge is 2.24. The number of amides is 1. The van der Waals surface area contributed by atoms with Crippen LogP contribution in [0.2, 0.25) is 0 Å². The first-order chi connectivity index (χ1) is 8.72. The van der Waals surface area contributed by atoms with Crippen molar-refractivity contribution in [3.8, 4) is 0 Å². The van der Waals surface area contributed by atoms with E-state index in [1.54, 1.807) is 10.8 Å². The van der Waals surface area contributed by atoms with Crippen molar-refractivity contribution < 1.29 is 23.8 Å². The molecule has 0 saturated carbocycles. The van der Waals surface area contributed by atoms with E-state index in [0.717, 1.165) is 0 Å². The fourth-order valence-corrected chi connectivity index (χ4v) is 2.26. The first-order valence-corrected chi connectivity index (χ1v) is 6.31. The smallest absolute Gasteiger partial charge is 0.340 e. The van der Waals surface area contributed by atoms with E-state index in [2.05, 4.69) is 10.1 Å². The van der Waals surface area contributed by atoms with E-state index in [4.69, 9.17) is 9.47 Å². The van der Waals surface area contributed by atoms with Crippen molar-refractivity contribution in [3.05, 3.63) is 16.3 Å². The van der Waals surface area contributed by atoms with E-state index in [0.29, 0.717) is 24.5 Å². The largest absolute Gasteiger partial charge is 0.465 e. The van der Waals surface area contributed by atoms with Crippen molar-refractivity contribution in [2.75, 3.05) is 32.2 Å². The number of anilines is 1. The molecule has 2 heterocycles. The number of esters is 1. The van der Waals surface area contributed by atoms with Gasteiger partial charge in [-0.2, -0.15) is 0 Å². The number of nitrogens with one attached hydrogen (secondary N) is 1. The van der Waals surface area contributed by atoms with Crippen molar-refractivity contribution in [2.45, 2.75) is 6.10 Å². The molecule has 1 N–H and O–H groups in total. The van der Waals surface area contributed by atoms with Gasteiger partial charge in [0.1, 0.15) is 0 Å². The minimum atomic E-state index is -0.635. The van der Waals surface area contributed by atoms with Crippen LogP contribution in [-0.2, 0) is 19.0 Å². The Hall–Kier alpha value is -1.44. The number of hydrogen-bond acceptors (Lipinski definition) is 6. The van der Waals surface area contributed by atoms with Crippen LogP contribution in [0.4, 0.5) is 5.69 Å². The minimum absolute atomic E-state index is 0.226. The number of ether oxygens (including phenoxy) is 3. The van der Waals surface area contributed by atoms with Gasteiger partial charge in [0, 0.05) is 10.8 Å². The van der Waals surface area contributed by atoms with Crippen LogP contribution in [-0.4, -0.2) is 44.9 Å². The molecule has 0 spiro atoms. The molecule has 1 fully saturated rings. The molecule has 18 heavy (non-hydrogen) atoms. The summed E-state index contributed by atoms with van der Waals surface area (Å²) in [6.45, 7) is 1.12. The third kappa shape index (κ3) is 2.87. The number of carbonyl (C=O) groups excluding carboxylic acids is 2. The highest BCUT2D eigenvalue weighted by molar-refractivity contribution is 7.08. The van der Waals surface area contributed by atoms with Crippen LogP contribution in [0.5, 0.6) is 0 Å². The molecular formula is C11H13NO5S. The normalized spacial score (nSPS) is 19.3. The Labute approximate surface area is 108 Å². The summed E-state index contributed by atoms with van der Waals surface area (Å²) < 4.78 is 15.0. The van der Waals surface area contributed by atoms with Crippen LogP contribution in [0.1, 0.15) is 10.4 Å². The van der Waals surface area contributed by atoms with Gasteiger partial charge in [0.15, 0.2) is 6.10 Å². The lowest BCUT2D eigenvalue weighted by molar-refractivity contribution is -0.142. The zero-order valence-corrected chi connectivity index (χ0v) is 10.6. The van der Waals surface area contributed by atoms with Crippen LogP contribution in [0.25, 0.3) is 0 Å². The van der Waals surface area contributed by atoms with Crippen LogP contribution in [0.3, 0.4) is 0 Å². The standard InChI is InChI=1S/C11H13NO5S/c1-15-11(14)7-5-18-6-8(7)12-10(13)9-4-16-2-3-17-9/h5-6,9H,2-4H2,1H3,(H,12,13)/t9-/m1/s1. The monoisotopic (exact) mass is 271 g/mol. The molecule has 1 amide bonds. The summed E-state index contributed by atoms with van der Waals surface area (Å²) in [4.78, 5) is 23.3. The van der Waals surface area contributed by atoms with Crippen molar-refractivity contribution in [1.82, 2.24) is 0 Å². The van der Waals surface area contributed by atoms with E-state index in [1.807, 2.05) is 0 Å². The van der Waals surface area contributed by atoms with Gasteiger partial charge < -0.3 is 19.5 Å². The molecule has 0 unspecified atom stereocenters. The van der Waals surface area contributed by atoms with Crippen molar-refractivity contribution >= 4 is 28.9 Å². The summed E-state index contributed by atoms with van der Waals surface area (Å²) in [7, 11) is 1.30. The van der Waals surface area contributed by atoms with E-state index in [1.165, 1.54) is 18.4 Å². The molecule has 0 aliphatic carbocycles. The Bertz CT molecular complexity index is 438. The average molecular weight is 271 g/mol. The zero-order chi connectivity index (χ0) is 13.0. The summed E-state index contributed by atoms with van der Waals surface area (Å²) in [5.74, 6) is -0.800. The first kappa shape index (κ1) is 13.0. The average Bonchev–Trinajstić information content (AvgIpc) is 2.87. The molecular weight excluding hydrogens is 258 g/mol. The predicted molar refractivity (Wildman–Crippen MR) is 64.8 cm³/mol. The summed E-state index contributed by atoms with van der Waals surface area (Å²) in [5.41, 5.74) is 0.776. The quantitative estimate of drug-likeness (QED) is 0.826. The molecule has 6 nitrogen and oxygen atoms in total. The molecule has 0 radical (unpaired) electrons. The van der Waals surface area contributed by atoms with Gasteiger partial charge in [-0.1, -0.05) is 0 Å². The van der Waals surface area contributed by atoms with Gasteiger partial charge in [-0.15, -0.1) is 11.3 Å². The fourth-order valence-electron chi connectivity index (χ4n) is 1.51. The van der Waals surface area contributed by atoms with Gasteiger partial charge in [-0.25, -0.2) is 4.79 Å². The van der Waals surface area contributed by atoms with Gasteiger partial charge in [0.25, 0.3) is 5.91 Å². The maximum absolute atomic E-state index is 11.9. The molecule has 7 heteroatoms. The lowest BCUT2D eigenvalue weighted by atomic mass is 10.2. The fraction of sp³-hybridized carbons (Fsp3) is 0.455. The number of methoxy groups -OCH3 is 1. The summed E-state index contributed by atoms with van der Waals surface area (Å²) in [6.07, 6.45) is -0.635. The molecule has 1 atom stereocenters. The van der Waals surface area contributed by atoms with E-state index < -0.39 is 12.1 Å². The van der Waals surface area contributed by atoms with Gasteiger partial charge in [0.05, 0.1) is 38.2 Å². The topological polar surface area (TPSA) is 73.9 Å². The van der Waals surface area contributed by atoms with Crippen LogP contribution < -0.4 is 5.32 Å². The molecule has 1 aliphatic rings. The Balaban J connectivity index is 2.02. The summed E-state index contributed by atoms with van der Waals surface area (Å²) >= 11 is 1.31. The van der Waals surface area contributed by atoms with Crippen molar-refractivity contribution in [1.29, 1.82) is 0 Å². The maximum atomic E-state index is 11.9. The van der Waals surface area contributed by atoms with Crippen molar-refractivity contribution in [2.24, 2.45) is 0 Å². The van der Waals surface area contributed by atoms with Gasteiger partial charge >= 0.3 is 5.97 Å². The molecule has 1 aromatic rings. The highest BCUT2D eigenvalue weighted by Crippen LogP contribution is 2.22. The molecule has 0 bridgehead atoms. The number of hydrogen-bond donors (Lipinski definition) is 1. The first-order valence-electron chi connectivity index (χ1n) is 5.37. The Morgan fingerprint density at radius 2 is 2.28 bits per heavy atom. The second-order valence-electron chi connectivity index (χ2n) is 3.61. The molecule has 1 aromatic heterocycles. The number of thiophene rings is 1. The second kappa shape index (κ2) is 5.94. The molecule has 0 aromatic carbocycles. The van der Waals surface area contributed by atoms with Gasteiger partial charge in [-0.05, 0) is 0 Å². The van der Waals surface area contributed by atoms with Gasteiger partial charge in [0.2, 0.25) is 0 Å². The summed E-state index contributed by atoms with van der Waals surface area (Å²) in [6, 6.07) is 0. The summed E-state index contributed by atoms with van der Waals surface area (Å²) in [5, 5.41) is 5.94. The Morgan fingerprint density at radius 1 is 1.44 bits per heavy atom. The SMILES string of the molecule is COC(=O)c1cscc1NC(=O)[C@H]1COCCO1. The van der Waals surface area contributed by atoms with E-state index in [9.17, 15) is 9.59 Å². The van der Waals surface area contributed by atoms with E-state index >= 15 is 0 Å². The molecule has 1 aliphatic heterocycles. The lowest BCUT2D eigenvalue weighted by Gasteiger charge is -2.21. The minimum Gasteiger partial charge on any atom is -0.465 e. The van der Waals surface area contributed by atoms with Crippen LogP contribution >= 0.6 is 11.3 Å². The molecule has 1 saturated heterocycles. The maximum Gasteiger partial charge on any atom is 0.340 e. The third-order valence-corrected chi connectivity index (χ3v) is 3.18. The lowest BCUT2D eigenvalue weighted by Crippen LogP contribution is -2.39. The van der Waals surface area contributed by atoms with Gasteiger partial charge in [-0.3, -0.25) is 4.79 Å². The van der Waals surface area contributed by atoms with E-state index in [-0.39, 0.29) is 12.5 Å². The highest BCUT2D eigenvalue weighted by atomic mass is 32.1. The second-order valence-corrected chi connectivity index (χ2v) is 4.36. The number of rotatable bonds is 3. The molecule has 2 rings (SSSR count). The third-order valence-electron chi connectivity index (χ3n) is 2.43. The van der Waals surface area contributed by atoms with Crippen LogP contribution in [0, 0.1) is 0 Å².